The van der Waals surface area contributed by atoms with Gasteiger partial charge in [0.2, 0.25) is 0 Å². The number of piperazine rings is 1. The zero-order chi connectivity index (χ0) is 18.8. The maximum absolute atomic E-state index is 13.2. The lowest BCUT2D eigenvalue weighted by atomic mass is 10.2. The molecule has 1 saturated heterocycles. The van der Waals surface area contributed by atoms with Gasteiger partial charge in [0.25, 0.3) is 5.89 Å². The highest BCUT2D eigenvalue weighted by molar-refractivity contribution is 5.77. The third kappa shape index (κ3) is 3.62. The zero-order valence-corrected chi connectivity index (χ0v) is 15.0. The fourth-order valence-electron chi connectivity index (χ4n) is 2.95. The first-order chi connectivity index (χ1) is 13.1. The summed E-state index contributed by atoms with van der Waals surface area (Å²) in [6.07, 6.45) is 1.78. The van der Waals surface area contributed by atoms with Crippen molar-refractivity contribution in [3.63, 3.8) is 0 Å². The Bertz CT molecular complexity index is 948. The molecular formula is C17H19FN8O. The summed E-state index contributed by atoms with van der Waals surface area (Å²) in [5.74, 6) is 1.15. The predicted octanol–water partition coefficient (Wildman–Crippen LogP) is 1.13. The van der Waals surface area contributed by atoms with Crippen LogP contribution in [-0.2, 0) is 0 Å². The van der Waals surface area contributed by atoms with Crippen LogP contribution in [0, 0.1) is 12.7 Å². The quantitative estimate of drug-likeness (QED) is 0.730. The standard InChI is InChI=1S/C17H19FN8O/c1-11-21-23-24-26(11)14(9-12-3-5-13(18)6-4-12)17-20-16(22-27-17)15-10-19-7-8-25(15)2/h3-6,9,15,19H,7-8,10H2,1-2H3/b14-9-. The van der Waals surface area contributed by atoms with Crippen LogP contribution in [-0.4, -0.2) is 61.9 Å². The van der Waals surface area contributed by atoms with Gasteiger partial charge < -0.3 is 9.84 Å². The van der Waals surface area contributed by atoms with Crippen LogP contribution in [0.1, 0.15) is 29.1 Å². The third-order valence-electron chi connectivity index (χ3n) is 4.50. The largest absolute Gasteiger partial charge is 0.332 e. The summed E-state index contributed by atoms with van der Waals surface area (Å²) in [6, 6.07) is 6.12. The number of rotatable bonds is 4. The third-order valence-corrected chi connectivity index (χ3v) is 4.50. The van der Waals surface area contributed by atoms with Gasteiger partial charge in [-0.1, -0.05) is 17.3 Å². The minimum atomic E-state index is -0.305. The molecule has 0 saturated carbocycles. The van der Waals surface area contributed by atoms with Gasteiger partial charge in [0.05, 0.1) is 6.04 Å². The maximum atomic E-state index is 13.2. The summed E-state index contributed by atoms with van der Waals surface area (Å²) >= 11 is 0. The van der Waals surface area contributed by atoms with Gasteiger partial charge in [0.15, 0.2) is 11.6 Å². The predicted molar refractivity (Wildman–Crippen MR) is 94.8 cm³/mol. The molecule has 0 radical (unpaired) electrons. The number of nitrogens with one attached hydrogen (secondary N) is 1. The topological polar surface area (TPSA) is 97.8 Å². The van der Waals surface area contributed by atoms with Crippen molar-refractivity contribution in [1.82, 2.24) is 40.6 Å². The number of hydrogen-bond donors (Lipinski definition) is 1. The Morgan fingerprint density at radius 2 is 2.15 bits per heavy atom. The number of halogens is 1. The molecular weight excluding hydrogens is 351 g/mol. The van der Waals surface area contributed by atoms with Gasteiger partial charge in [-0.25, -0.2) is 4.39 Å². The molecule has 9 nitrogen and oxygen atoms in total. The van der Waals surface area contributed by atoms with Gasteiger partial charge in [-0.15, -0.1) is 5.10 Å². The SMILES string of the molecule is Cc1nnnn1/C(=C\c1ccc(F)cc1)c1nc(C2CNCCN2C)no1. The Morgan fingerprint density at radius 3 is 2.85 bits per heavy atom. The molecule has 1 unspecified atom stereocenters. The van der Waals surface area contributed by atoms with E-state index in [0.29, 0.717) is 23.2 Å². The van der Waals surface area contributed by atoms with E-state index in [0.717, 1.165) is 25.2 Å². The summed E-state index contributed by atoms with van der Waals surface area (Å²) in [5, 5.41) is 19.1. The van der Waals surface area contributed by atoms with Gasteiger partial charge >= 0.3 is 0 Å². The van der Waals surface area contributed by atoms with Crippen molar-refractivity contribution in [3.05, 3.63) is 53.2 Å². The Balaban J connectivity index is 1.73. The fourth-order valence-corrected chi connectivity index (χ4v) is 2.95. The molecule has 10 heteroatoms. The highest BCUT2D eigenvalue weighted by atomic mass is 19.1. The zero-order valence-electron chi connectivity index (χ0n) is 15.0. The number of nitrogens with zero attached hydrogens (tertiary/aromatic N) is 7. The van der Waals surface area contributed by atoms with E-state index in [1.54, 1.807) is 25.1 Å². The van der Waals surface area contributed by atoms with Gasteiger partial charge in [0, 0.05) is 19.6 Å². The number of likely N-dealkylation sites (N-methyl/N-ethyl adjacent to an activating group) is 1. The second kappa shape index (κ2) is 7.33. The van der Waals surface area contributed by atoms with Crippen molar-refractivity contribution in [3.8, 4) is 0 Å². The van der Waals surface area contributed by atoms with Gasteiger partial charge in [-0.3, -0.25) is 4.90 Å². The molecule has 0 amide bonds. The smallest absolute Gasteiger partial charge is 0.276 e. The molecule has 0 aliphatic carbocycles. The van der Waals surface area contributed by atoms with Crippen LogP contribution in [0.25, 0.3) is 11.8 Å². The Hall–Kier alpha value is -2.98. The van der Waals surface area contributed by atoms with Crippen molar-refractivity contribution < 1.29 is 8.91 Å². The molecule has 0 spiro atoms. The van der Waals surface area contributed by atoms with Crippen LogP contribution in [0.3, 0.4) is 0 Å². The Labute approximate surface area is 154 Å². The average Bonchev–Trinajstić information content (AvgIpc) is 3.31. The molecule has 1 aliphatic rings. The monoisotopic (exact) mass is 370 g/mol. The molecule has 1 fully saturated rings. The van der Waals surface area contributed by atoms with E-state index in [2.05, 4.69) is 35.9 Å². The van der Waals surface area contributed by atoms with Crippen molar-refractivity contribution in [2.75, 3.05) is 26.7 Å². The molecule has 1 aromatic carbocycles. The van der Waals surface area contributed by atoms with Gasteiger partial charge in [-0.05, 0) is 48.2 Å². The van der Waals surface area contributed by atoms with Gasteiger partial charge in [0.1, 0.15) is 11.5 Å². The van der Waals surface area contributed by atoms with Gasteiger partial charge in [-0.2, -0.15) is 9.67 Å². The lowest BCUT2D eigenvalue weighted by Crippen LogP contribution is -2.44. The summed E-state index contributed by atoms with van der Waals surface area (Å²) in [4.78, 5) is 6.75. The van der Waals surface area contributed by atoms with Crippen molar-refractivity contribution >= 4 is 11.8 Å². The Kier molecular flexibility index (Phi) is 4.73. The van der Waals surface area contributed by atoms with Crippen molar-refractivity contribution in [2.45, 2.75) is 13.0 Å². The van der Waals surface area contributed by atoms with E-state index >= 15 is 0 Å². The Morgan fingerprint density at radius 1 is 1.33 bits per heavy atom. The number of benzene rings is 1. The number of tetrazole rings is 1. The summed E-state index contributed by atoms with van der Waals surface area (Å²) < 4.78 is 20.3. The minimum Gasteiger partial charge on any atom is -0.332 e. The first-order valence-corrected chi connectivity index (χ1v) is 8.59. The van der Waals surface area contributed by atoms with Crippen LogP contribution in [0.5, 0.6) is 0 Å². The lowest BCUT2D eigenvalue weighted by molar-refractivity contribution is 0.190. The van der Waals surface area contributed by atoms with Crippen LogP contribution in [0.4, 0.5) is 4.39 Å². The van der Waals surface area contributed by atoms with E-state index in [9.17, 15) is 4.39 Å². The summed E-state index contributed by atoms with van der Waals surface area (Å²) in [6.45, 7) is 4.35. The van der Waals surface area contributed by atoms with E-state index in [-0.39, 0.29) is 11.9 Å². The van der Waals surface area contributed by atoms with E-state index in [4.69, 9.17) is 4.52 Å². The molecule has 4 rings (SSSR count). The van der Waals surface area contributed by atoms with Crippen molar-refractivity contribution in [1.29, 1.82) is 0 Å². The highest BCUT2D eigenvalue weighted by Gasteiger charge is 2.26. The summed E-state index contributed by atoms with van der Waals surface area (Å²) in [7, 11) is 2.03. The van der Waals surface area contributed by atoms with E-state index in [1.807, 2.05) is 7.05 Å². The molecule has 1 atom stereocenters. The molecule has 2 aromatic heterocycles. The second-order valence-corrected chi connectivity index (χ2v) is 6.38. The van der Waals surface area contributed by atoms with Crippen molar-refractivity contribution in [2.24, 2.45) is 0 Å². The second-order valence-electron chi connectivity index (χ2n) is 6.38. The summed E-state index contributed by atoms with van der Waals surface area (Å²) in [5.41, 5.74) is 1.28. The van der Waals surface area contributed by atoms with Crippen LogP contribution < -0.4 is 5.32 Å². The highest BCUT2D eigenvalue weighted by Crippen LogP contribution is 2.23. The van der Waals surface area contributed by atoms with Crippen LogP contribution in [0.15, 0.2) is 28.8 Å². The first-order valence-electron chi connectivity index (χ1n) is 8.59. The average molecular weight is 370 g/mol. The first kappa shape index (κ1) is 17.4. The fraction of sp³-hybridized carbons (Fsp3) is 0.353. The molecule has 0 bridgehead atoms. The van der Waals surface area contributed by atoms with E-state index in [1.165, 1.54) is 16.8 Å². The number of aromatic nitrogens is 6. The number of hydrogen-bond acceptors (Lipinski definition) is 8. The number of aryl methyl sites for hydroxylation is 1. The molecule has 1 aliphatic heterocycles. The molecule has 1 N–H and O–H groups in total. The molecule has 3 heterocycles. The minimum absolute atomic E-state index is 0.0262. The van der Waals surface area contributed by atoms with Crippen LogP contribution in [0.2, 0.25) is 0 Å². The molecule has 3 aromatic rings. The van der Waals surface area contributed by atoms with E-state index < -0.39 is 0 Å². The lowest BCUT2D eigenvalue weighted by Gasteiger charge is -2.30. The maximum Gasteiger partial charge on any atom is 0.276 e. The van der Waals surface area contributed by atoms with Crippen LogP contribution >= 0.6 is 0 Å². The molecule has 27 heavy (non-hydrogen) atoms. The molecule has 140 valence electrons. The normalized spacial score (nSPS) is 18.8.